The van der Waals surface area contributed by atoms with Crippen molar-refractivity contribution in [1.82, 2.24) is 19.0 Å². The van der Waals surface area contributed by atoms with Gasteiger partial charge in [0.1, 0.15) is 17.9 Å². The molecule has 0 bridgehead atoms. The Morgan fingerprint density at radius 2 is 2.06 bits per heavy atom. The zero-order chi connectivity index (χ0) is 25.1. The molecule has 0 radical (unpaired) electrons. The van der Waals surface area contributed by atoms with E-state index >= 15 is 4.39 Å². The maximum atomic E-state index is 15.9. The van der Waals surface area contributed by atoms with Crippen LogP contribution in [0.2, 0.25) is 0 Å². The van der Waals surface area contributed by atoms with Crippen molar-refractivity contribution in [2.24, 2.45) is 18.7 Å². The number of benzene rings is 2. The first-order valence-electron chi connectivity index (χ1n) is 12.4. The summed E-state index contributed by atoms with van der Waals surface area (Å²) in [5.41, 5.74) is 9.08. The minimum absolute atomic E-state index is 0.102. The number of fused-ring (bicyclic) bond motifs is 3. The quantitative estimate of drug-likeness (QED) is 0.421. The maximum Gasteiger partial charge on any atom is 0.254 e. The van der Waals surface area contributed by atoms with Crippen LogP contribution in [0.4, 0.5) is 8.78 Å². The van der Waals surface area contributed by atoms with Crippen LogP contribution in [0.5, 0.6) is 5.75 Å². The van der Waals surface area contributed by atoms with Crippen LogP contribution in [0.3, 0.4) is 0 Å². The van der Waals surface area contributed by atoms with E-state index in [1.807, 2.05) is 25.2 Å². The second-order valence-corrected chi connectivity index (χ2v) is 9.98. The minimum Gasteiger partial charge on any atom is -0.495 e. The molecule has 6 rings (SSSR count). The number of nitrogens with zero attached hydrogens (tertiary/aromatic N) is 4. The van der Waals surface area contributed by atoms with Gasteiger partial charge in [0, 0.05) is 43.2 Å². The van der Waals surface area contributed by atoms with Crippen LogP contribution in [0.25, 0.3) is 33.5 Å². The number of aromatic nitrogens is 3. The molecule has 36 heavy (non-hydrogen) atoms. The summed E-state index contributed by atoms with van der Waals surface area (Å²) >= 11 is 0. The Bertz CT molecular complexity index is 1500. The monoisotopic (exact) mass is 493 g/mol. The van der Waals surface area contributed by atoms with Crippen molar-refractivity contribution in [3.63, 3.8) is 0 Å². The summed E-state index contributed by atoms with van der Waals surface area (Å²) in [7, 11) is 3.48. The van der Waals surface area contributed by atoms with Crippen molar-refractivity contribution >= 4 is 27.8 Å². The summed E-state index contributed by atoms with van der Waals surface area (Å²) in [5.74, 6) is 1.27. The summed E-state index contributed by atoms with van der Waals surface area (Å²) in [6.07, 6.45) is 2.72. The van der Waals surface area contributed by atoms with Crippen molar-refractivity contribution in [2.45, 2.75) is 31.8 Å². The number of ether oxygens (including phenoxy) is 1. The van der Waals surface area contributed by atoms with E-state index in [1.54, 1.807) is 17.7 Å². The summed E-state index contributed by atoms with van der Waals surface area (Å²) in [4.78, 5) is 19.5. The number of halogens is 2. The van der Waals surface area contributed by atoms with Gasteiger partial charge in [0.15, 0.2) is 11.6 Å². The molecule has 2 aliphatic rings. The van der Waals surface area contributed by atoms with E-state index in [0.717, 1.165) is 28.9 Å². The SMILES string of the molecule is COc1cccc2cc(-c3nc4cc5c(c(F)c4n3C)CCN(C[C@H](N)CF)C5=O)n(CC3CC3)c12. The van der Waals surface area contributed by atoms with Crippen molar-refractivity contribution in [1.29, 1.82) is 0 Å². The average Bonchev–Trinajstić information content (AvgIpc) is 3.54. The Labute approximate surface area is 207 Å². The molecule has 2 aromatic heterocycles. The second kappa shape index (κ2) is 8.58. The fourth-order valence-electron chi connectivity index (χ4n) is 5.44. The molecule has 0 unspecified atom stereocenters. The first-order valence-corrected chi connectivity index (χ1v) is 12.4. The average molecular weight is 494 g/mol. The third kappa shape index (κ3) is 3.56. The highest BCUT2D eigenvalue weighted by molar-refractivity contribution is 6.01. The molecule has 1 aliphatic carbocycles. The Kier molecular flexibility index (Phi) is 5.48. The summed E-state index contributed by atoms with van der Waals surface area (Å²) in [5, 5.41) is 1.03. The maximum absolute atomic E-state index is 15.9. The Balaban J connectivity index is 1.51. The number of hydrogen-bond donors (Lipinski definition) is 1. The number of rotatable bonds is 7. The van der Waals surface area contributed by atoms with Crippen LogP contribution in [-0.2, 0) is 20.0 Å². The summed E-state index contributed by atoms with van der Waals surface area (Å²) in [6, 6.07) is 8.94. The minimum atomic E-state index is -0.754. The van der Waals surface area contributed by atoms with Crippen LogP contribution >= 0.6 is 0 Å². The van der Waals surface area contributed by atoms with Gasteiger partial charge in [-0.1, -0.05) is 12.1 Å². The number of aryl methyl sites for hydroxylation is 1. The van der Waals surface area contributed by atoms with Crippen LogP contribution < -0.4 is 10.5 Å². The predicted molar refractivity (Wildman–Crippen MR) is 134 cm³/mol. The predicted octanol–water partition coefficient (Wildman–Crippen LogP) is 4.05. The highest BCUT2D eigenvalue weighted by Crippen LogP contribution is 2.39. The first kappa shape index (κ1) is 23.0. The molecule has 1 saturated carbocycles. The van der Waals surface area contributed by atoms with E-state index in [0.29, 0.717) is 41.3 Å². The number of methoxy groups -OCH3 is 1. The fraction of sp³-hybridized carbons (Fsp3) is 0.407. The number of para-hydroxylation sites is 1. The van der Waals surface area contributed by atoms with Gasteiger partial charge in [0.05, 0.1) is 29.9 Å². The number of carbonyl (C=O) groups is 1. The van der Waals surface area contributed by atoms with E-state index in [9.17, 15) is 9.18 Å². The van der Waals surface area contributed by atoms with Crippen LogP contribution in [-0.4, -0.2) is 57.8 Å². The Morgan fingerprint density at radius 1 is 1.25 bits per heavy atom. The van der Waals surface area contributed by atoms with Gasteiger partial charge in [-0.25, -0.2) is 13.8 Å². The molecule has 0 spiro atoms. The number of hydrogen-bond acceptors (Lipinski definition) is 4. The highest BCUT2D eigenvalue weighted by Gasteiger charge is 2.32. The number of amides is 1. The normalized spacial score (nSPS) is 16.7. The molecule has 1 amide bonds. The molecule has 7 nitrogen and oxygen atoms in total. The molecule has 1 aliphatic heterocycles. The van der Waals surface area contributed by atoms with E-state index in [2.05, 4.69) is 10.6 Å². The Morgan fingerprint density at radius 3 is 2.78 bits per heavy atom. The summed E-state index contributed by atoms with van der Waals surface area (Å²) < 4.78 is 38.5. The van der Waals surface area contributed by atoms with Gasteiger partial charge in [-0.3, -0.25) is 4.79 Å². The number of imidazole rings is 1. The molecule has 0 saturated heterocycles. The molecule has 188 valence electrons. The third-order valence-electron chi connectivity index (χ3n) is 7.47. The number of carbonyl (C=O) groups excluding carboxylic acids is 1. The molecule has 3 heterocycles. The lowest BCUT2D eigenvalue weighted by atomic mass is 9.97. The van der Waals surface area contributed by atoms with Crippen LogP contribution in [0, 0.1) is 11.7 Å². The molecule has 1 atom stereocenters. The second-order valence-electron chi connectivity index (χ2n) is 9.98. The zero-order valence-corrected chi connectivity index (χ0v) is 20.4. The van der Waals surface area contributed by atoms with Crippen molar-refractivity contribution < 1.29 is 18.3 Å². The lowest BCUT2D eigenvalue weighted by Gasteiger charge is -2.30. The lowest BCUT2D eigenvalue weighted by molar-refractivity contribution is 0.0723. The molecule has 1 fully saturated rings. The molecule has 2 aromatic carbocycles. The highest BCUT2D eigenvalue weighted by atomic mass is 19.1. The van der Waals surface area contributed by atoms with Crippen molar-refractivity contribution in [3.05, 3.63) is 47.3 Å². The molecular formula is C27H29F2N5O2. The van der Waals surface area contributed by atoms with Crippen molar-refractivity contribution in [2.75, 3.05) is 26.9 Å². The third-order valence-corrected chi connectivity index (χ3v) is 7.47. The van der Waals surface area contributed by atoms with E-state index in [4.69, 9.17) is 15.5 Å². The summed E-state index contributed by atoms with van der Waals surface area (Å²) in [6.45, 7) is 0.532. The van der Waals surface area contributed by atoms with Gasteiger partial charge < -0.3 is 24.5 Å². The number of alkyl halides is 1. The largest absolute Gasteiger partial charge is 0.495 e. The van der Waals surface area contributed by atoms with Gasteiger partial charge in [0.2, 0.25) is 0 Å². The molecular weight excluding hydrogens is 464 g/mol. The van der Waals surface area contributed by atoms with Crippen LogP contribution in [0.1, 0.15) is 28.8 Å². The van der Waals surface area contributed by atoms with Gasteiger partial charge in [-0.15, -0.1) is 0 Å². The van der Waals surface area contributed by atoms with Crippen molar-refractivity contribution in [3.8, 4) is 17.3 Å². The van der Waals surface area contributed by atoms with Gasteiger partial charge in [-0.2, -0.15) is 0 Å². The first-order chi connectivity index (χ1) is 17.4. The van der Waals surface area contributed by atoms with Crippen LogP contribution in [0.15, 0.2) is 30.3 Å². The smallest absolute Gasteiger partial charge is 0.254 e. The molecule has 9 heteroatoms. The fourth-order valence-corrected chi connectivity index (χ4v) is 5.44. The van der Waals surface area contributed by atoms with Gasteiger partial charge >= 0.3 is 0 Å². The van der Waals surface area contributed by atoms with E-state index in [1.165, 1.54) is 17.7 Å². The van der Waals surface area contributed by atoms with Gasteiger partial charge in [-0.05, 0) is 43.4 Å². The molecule has 4 aromatic rings. The van der Waals surface area contributed by atoms with E-state index < -0.39 is 18.5 Å². The topological polar surface area (TPSA) is 78.3 Å². The van der Waals surface area contributed by atoms with E-state index in [-0.39, 0.29) is 18.0 Å². The lowest BCUT2D eigenvalue weighted by Crippen LogP contribution is -2.45. The molecule has 2 N–H and O–H groups in total. The zero-order valence-electron chi connectivity index (χ0n) is 20.4. The number of nitrogens with two attached hydrogens (primary N) is 1. The van der Waals surface area contributed by atoms with Gasteiger partial charge in [0.25, 0.3) is 5.91 Å². The Hall–Kier alpha value is -3.46. The standard InChI is InChI=1S/C27H29F2N5O2/c1-32-25-20(11-19-18(23(25)29)8-9-33(27(19)35)14-17(30)12-28)31-26(32)21-10-16-4-3-5-22(36-2)24(16)34(21)13-15-6-7-15/h3-5,10-11,15,17H,6-9,12-14,30H2,1-2H3/t17-/m1/s1.